The normalized spacial score (nSPS) is 13.6. The summed E-state index contributed by atoms with van der Waals surface area (Å²) in [7, 11) is -2.19. The Hall–Kier alpha value is -3.15. The van der Waals surface area contributed by atoms with Crippen molar-refractivity contribution in [2.24, 2.45) is 5.92 Å². The molecule has 11 heteroatoms. The van der Waals surface area contributed by atoms with Crippen LogP contribution in [-0.4, -0.2) is 54.3 Å². The number of carbonyl (C=O) groups excluding carboxylic acids is 1. The van der Waals surface area contributed by atoms with E-state index in [2.05, 4.69) is 25.4 Å². The first-order chi connectivity index (χ1) is 15.7. The second-order valence-electron chi connectivity index (χ2n) is 7.98. The van der Waals surface area contributed by atoms with E-state index < -0.39 is 16.1 Å². The molecule has 0 radical (unpaired) electrons. The lowest BCUT2D eigenvalue weighted by Gasteiger charge is -2.19. The molecule has 2 unspecified atom stereocenters. The molecule has 0 spiro atoms. The summed E-state index contributed by atoms with van der Waals surface area (Å²) < 4.78 is 32.4. The average Bonchev–Trinajstić information content (AvgIpc) is 3.24. The standard InChI is InChI=1S/C22H28N6O4S/c1-15(2)20(28-25-21(24-27-28)17-8-6-5-7-9-17)22(29)23-18-10-12-19(13-11-18)33(30,31)26-16(3)14-32-4/h5-13,15-16,20,26H,14H2,1-4H3,(H,23,29). The van der Waals surface area contributed by atoms with E-state index in [-0.39, 0.29) is 29.4 Å². The average molecular weight is 473 g/mol. The summed E-state index contributed by atoms with van der Waals surface area (Å²) in [5.41, 5.74) is 1.26. The molecule has 1 amide bonds. The van der Waals surface area contributed by atoms with Gasteiger partial charge in [0.2, 0.25) is 15.8 Å². The Bertz CT molecular complexity index is 1160. The van der Waals surface area contributed by atoms with Gasteiger partial charge in [0.05, 0.1) is 11.5 Å². The number of nitrogens with zero attached hydrogens (tertiary/aromatic N) is 4. The van der Waals surface area contributed by atoms with Gasteiger partial charge in [-0.1, -0.05) is 44.2 Å². The number of tetrazole rings is 1. The van der Waals surface area contributed by atoms with E-state index in [1.54, 1.807) is 6.92 Å². The molecule has 0 fully saturated rings. The number of methoxy groups -OCH3 is 1. The Kier molecular flexibility index (Phi) is 7.90. The van der Waals surface area contributed by atoms with Crippen LogP contribution >= 0.6 is 0 Å². The van der Waals surface area contributed by atoms with Crippen molar-refractivity contribution in [3.05, 3.63) is 54.6 Å². The second kappa shape index (κ2) is 10.6. The van der Waals surface area contributed by atoms with Crippen LogP contribution in [0.4, 0.5) is 5.69 Å². The molecule has 0 aliphatic rings. The molecule has 10 nitrogen and oxygen atoms in total. The summed E-state index contributed by atoms with van der Waals surface area (Å²) in [6.45, 7) is 5.74. The van der Waals surface area contributed by atoms with Crippen molar-refractivity contribution in [3.8, 4) is 11.4 Å². The molecule has 33 heavy (non-hydrogen) atoms. The number of nitrogens with one attached hydrogen (secondary N) is 2. The molecule has 2 aromatic carbocycles. The van der Waals surface area contributed by atoms with Crippen molar-refractivity contribution in [2.45, 2.75) is 37.8 Å². The molecule has 2 N–H and O–H groups in total. The minimum absolute atomic E-state index is 0.0920. The highest BCUT2D eigenvalue weighted by molar-refractivity contribution is 7.89. The van der Waals surface area contributed by atoms with Gasteiger partial charge >= 0.3 is 0 Å². The van der Waals surface area contributed by atoms with E-state index in [4.69, 9.17) is 4.74 Å². The van der Waals surface area contributed by atoms with Crippen LogP contribution in [0.1, 0.15) is 26.8 Å². The molecule has 0 bridgehead atoms. The predicted octanol–water partition coefficient (Wildman–Crippen LogP) is 2.49. The van der Waals surface area contributed by atoms with Gasteiger partial charge in [-0.2, -0.15) is 4.80 Å². The summed E-state index contributed by atoms with van der Waals surface area (Å²) in [5.74, 6) is -0.0165. The molecule has 0 saturated carbocycles. The Labute approximate surface area is 193 Å². The quantitative estimate of drug-likeness (QED) is 0.464. The second-order valence-corrected chi connectivity index (χ2v) is 9.69. The van der Waals surface area contributed by atoms with Crippen molar-refractivity contribution in [3.63, 3.8) is 0 Å². The highest BCUT2D eigenvalue weighted by Gasteiger charge is 2.27. The van der Waals surface area contributed by atoms with Crippen LogP contribution in [0.25, 0.3) is 11.4 Å². The fourth-order valence-electron chi connectivity index (χ4n) is 3.27. The van der Waals surface area contributed by atoms with Crippen LogP contribution in [0, 0.1) is 5.92 Å². The molecule has 3 aromatic rings. The Balaban J connectivity index is 1.73. The largest absolute Gasteiger partial charge is 0.383 e. The molecule has 1 heterocycles. The number of benzene rings is 2. The van der Waals surface area contributed by atoms with Gasteiger partial charge in [0, 0.05) is 24.4 Å². The smallest absolute Gasteiger partial charge is 0.251 e. The molecule has 0 saturated heterocycles. The van der Waals surface area contributed by atoms with E-state index in [1.165, 1.54) is 36.2 Å². The third-order valence-corrected chi connectivity index (χ3v) is 6.42. The van der Waals surface area contributed by atoms with E-state index in [1.807, 2.05) is 44.2 Å². The van der Waals surface area contributed by atoms with Crippen molar-refractivity contribution < 1.29 is 17.9 Å². The molecule has 2 atom stereocenters. The monoisotopic (exact) mass is 472 g/mol. The zero-order valence-corrected chi connectivity index (χ0v) is 19.8. The van der Waals surface area contributed by atoms with Gasteiger partial charge in [0.15, 0.2) is 6.04 Å². The minimum Gasteiger partial charge on any atom is -0.383 e. The maximum absolute atomic E-state index is 13.0. The first kappa shape index (κ1) is 24.5. The number of aromatic nitrogens is 4. The lowest BCUT2D eigenvalue weighted by molar-refractivity contribution is -0.121. The number of ether oxygens (including phenoxy) is 1. The van der Waals surface area contributed by atoms with Crippen LogP contribution in [0.2, 0.25) is 0 Å². The highest BCUT2D eigenvalue weighted by Crippen LogP contribution is 2.21. The van der Waals surface area contributed by atoms with E-state index in [0.717, 1.165) is 5.56 Å². The van der Waals surface area contributed by atoms with Crippen LogP contribution in [0.5, 0.6) is 0 Å². The number of sulfonamides is 1. The summed E-state index contributed by atoms with van der Waals surface area (Å²) in [6, 6.07) is 14.2. The SMILES string of the molecule is COCC(C)NS(=O)(=O)c1ccc(NC(=O)C(C(C)C)n2nnc(-c3ccccc3)n2)cc1. The maximum Gasteiger partial charge on any atom is 0.251 e. The Morgan fingerprint density at radius 3 is 2.33 bits per heavy atom. The third kappa shape index (κ3) is 6.21. The fraction of sp³-hybridized carbons (Fsp3) is 0.364. The molecule has 176 valence electrons. The van der Waals surface area contributed by atoms with Gasteiger partial charge in [0.1, 0.15) is 0 Å². The van der Waals surface area contributed by atoms with Crippen LogP contribution in [0.15, 0.2) is 59.5 Å². The lowest BCUT2D eigenvalue weighted by atomic mass is 10.0. The number of hydrogen-bond acceptors (Lipinski definition) is 7. The van der Waals surface area contributed by atoms with Crippen LogP contribution in [0.3, 0.4) is 0 Å². The number of hydrogen-bond donors (Lipinski definition) is 2. The van der Waals surface area contributed by atoms with Crippen LogP contribution in [-0.2, 0) is 19.6 Å². The molecule has 1 aromatic heterocycles. The molecule has 0 aliphatic heterocycles. The highest BCUT2D eigenvalue weighted by atomic mass is 32.2. The maximum atomic E-state index is 13.0. The first-order valence-corrected chi connectivity index (χ1v) is 12.0. The third-order valence-electron chi connectivity index (χ3n) is 4.81. The number of rotatable bonds is 10. The molecule has 0 aliphatic carbocycles. The van der Waals surface area contributed by atoms with Crippen LogP contribution < -0.4 is 10.0 Å². The minimum atomic E-state index is -3.70. The van der Waals surface area contributed by atoms with Gasteiger partial charge in [-0.05, 0) is 42.3 Å². The number of anilines is 1. The Morgan fingerprint density at radius 1 is 1.06 bits per heavy atom. The van der Waals surface area contributed by atoms with E-state index >= 15 is 0 Å². The van der Waals surface area contributed by atoms with Gasteiger partial charge < -0.3 is 10.1 Å². The molecular formula is C22H28N6O4S. The summed E-state index contributed by atoms with van der Waals surface area (Å²) >= 11 is 0. The zero-order valence-electron chi connectivity index (χ0n) is 19.0. The summed E-state index contributed by atoms with van der Waals surface area (Å²) in [5, 5.41) is 15.4. The van der Waals surface area contributed by atoms with Gasteiger partial charge in [-0.15, -0.1) is 10.2 Å². The van der Waals surface area contributed by atoms with E-state index in [9.17, 15) is 13.2 Å². The van der Waals surface area contributed by atoms with Crippen molar-refractivity contribution in [1.82, 2.24) is 24.9 Å². The van der Waals surface area contributed by atoms with Crippen molar-refractivity contribution in [1.29, 1.82) is 0 Å². The van der Waals surface area contributed by atoms with Gasteiger partial charge in [0.25, 0.3) is 5.91 Å². The number of carbonyl (C=O) groups is 1. The molecule has 3 rings (SSSR count). The van der Waals surface area contributed by atoms with Gasteiger partial charge in [-0.3, -0.25) is 4.79 Å². The first-order valence-electron chi connectivity index (χ1n) is 10.5. The fourth-order valence-corrected chi connectivity index (χ4v) is 4.50. The van der Waals surface area contributed by atoms with E-state index in [0.29, 0.717) is 11.5 Å². The summed E-state index contributed by atoms with van der Waals surface area (Å²) in [6.07, 6.45) is 0. The molecular weight excluding hydrogens is 444 g/mol. The zero-order chi connectivity index (χ0) is 24.0. The number of amides is 1. The van der Waals surface area contributed by atoms with Crippen molar-refractivity contribution >= 4 is 21.6 Å². The van der Waals surface area contributed by atoms with Crippen molar-refractivity contribution in [2.75, 3.05) is 19.0 Å². The lowest BCUT2D eigenvalue weighted by Crippen LogP contribution is -2.35. The summed E-state index contributed by atoms with van der Waals surface area (Å²) in [4.78, 5) is 14.4. The van der Waals surface area contributed by atoms with Gasteiger partial charge in [-0.25, -0.2) is 13.1 Å². The topological polar surface area (TPSA) is 128 Å². The Morgan fingerprint density at radius 2 is 1.73 bits per heavy atom. The predicted molar refractivity (Wildman–Crippen MR) is 124 cm³/mol.